The van der Waals surface area contributed by atoms with Crippen LogP contribution in [-0.4, -0.2) is 34.7 Å². The minimum Gasteiger partial charge on any atom is -0.285 e. The average Bonchev–Trinajstić information content (AvgIpc) is 3.16. The summed E-state index contributed by atoms with van der Waals surface area (Å²) in [5.41, 5.74) is 6.73. The monoisotopic (exact) mass is 446 g/mol. The van der Waals surface area contributed by atoms with Gasteiger partial charge in [0.2, 0.25) is 0 Å². The van der Waals surface area contributed by atoms with Gasteiger partial charge in [0.25, 0.3) is 5.91 Å². The molecule has 0 unspecified atom stereocenters. The lowest BCUT2D eigenvalue weighted by Crippen LogP contribution is -2.42. The first-order valence-electron chi connectivity index (χ1n) is 10.8. The lowest BCUT2D eigenvalue weighted by atomic mass is 10.0. The second-order valence-electron chi connectivity index (χ2n) is 7.97. The Balaban J connectivity index is 1.51. The fraction of sp³-hybridized carbons (Fsp3) is 0.240. The Morgan fingerprint density at radius 3 is 2.53 bits per heavy atom. The zero-order valence-corrected chi connectivity index (χ0v) is 18.4. The van der Waals surface area contributed by atoms with Crippen LogP contribution in [0.5, 0.6) is 0 Å². The lowest BCUT2D eigenvalue weighted by molar-refractivity contribution is 0.0794. The van der Waals surface area contributed by atoms with Crippen molar-refractivity contribution in [2.45, 2.75) is 35.5 Å². The van der Waals surface area contributed by atoms with Crippen LogP contribution in [0.3, 0.4) is 0 Å². The van der Waals surface area contributed by atoms with Crippen LogP contribution in [0.15, 0.2) is 75.7 Å². The maximum atomic E-state index is 13.5. The maximum absolute atomic E-state index is 13.5. The summed E-state index contributed by atoms with van der Waals surface area (Å²) in [5, 5.41) is 2.02. The quantitative estimate of drug-likeness (QED) is 0.459. The standard InChI is InChI=1S/C25H23FN4OS/c26-19-8-5-17(6-9-19)24-20-16-27-12-11-22(20)32-23-10-7-18(15-21(23)28-24)25(31)29-30-13-3-1-2-4-14-30/h5-12,15-16H,1-4,13-14H2,(H,29,31). The minimum absolute atomic E-state index is 0.123. The number of aromatic nitrogens is 1. The van der Waals surface area contributed by atoms with Crippen molar-refractivity contribution in [3.8, 4) is 0 Å². The zero-order valence-electron chi connectivity index (χ0n) is 17.6. The number of hydrogen-bond acceptors (Lipinski definition) is 5. The van der Waals surface area contributed by atoms with Gasteiger partial charge in [-0.05, 0) is 61.4 Å². The van der Waals surface area contributed by atoms with Crippen molar-refractivity contribution in [1.29, 1.82) is 0 Å². The number of rotatable bonds is 3. The Morgan fingerprint density at radius 1 is 0.969 bits per heavy atom. The van der Waals surface area contributed by atoms with E-state index in [1.165, 1.54) is 25.0 Å². The molecule has 162 valence electrons. The number of halogens is 1. The summed E-state index contributed by atoms with van der Waals surface area (Å²) in [6, 6.07) is 13.9. The largest absolute Gasteiger partial charge is 0.285 e. The Bertz CT molecular complexity index is 1170. The van der Waals surface area contributed by atoms with Gasteiger partial charge in [0.05, 0.1) is 11.4 Å². The fourth-order valence-corrected chi connectivity index (χ4v) is 4.97. The molecule has 1 N–H and O–H groups in total. The summed E-state index contributed by atoms with van der Waals surface area (Å²) in [5.74, 6) is -0.418. The second kappa shape index (κ2) is 9.22. The molecule has 1 fully saturated rings. The molecule has 7 heteroatoms. The van der Waals surface area contributed by atoms with Crippen LogP contribution in [0.25, 0.3) is 0 Å². The van der Waals surface area contributed by atoms with Crippen molar-refractivity contribution >= 4 is 29.1 Å². The first-order chi connectivity index (χ1) is 15.7. The molecule has 1 amide bonds. The van der Waals surface area contributed by atoms with Crippen molar-refractivity contribution in [1.82, 2.24) is 15.4 Å². The van der Waals surface area contributed by atoms with Gasteiger partial charge < -0.3 is 0 Å². The number of carbonyl (C=O) groups is 1. The van der Waals surface area contributed by atoms with Gasteiger partial charge in [-0.25, -0.2) is 14.4 Å². The third-order valence-corrected chi connectivity index (χ3v) is 6.83. The minimum atomic E-state index is -0.295. The van der Waals surface area contributed by atoms with E-state index in [9.17, 15) is 9.18 Å². The van der Waals surface area contributed by atoms with Crippen molar-refractivity contribution in [3.63, 3.8) is 0 Å². The molecule has 3 aromatic rings. The van der Waals surface area contributed by atoms with E-state index in [0.717, 1.165) is 46.8 Å². The molecule has 32 heavy (non-hydrogen) atoms. The summed E-state index contributed by atoms with van der Waals surface area (Å²) in [6.45, 7) is 1.75. The van der Waals surface area contributed by atoms with E-state index in [2.05, 4.69) is 10.4 Å². The number of amides is 1. The third kappa shape index (κ3) is 4.45. The van der Waals surface area contributed by atoms with Crippen LogP contribution >= 0.6 is 11.8 Å². The van der Waals surface area contributed by atoms with Crippen LogP contribution in [0.2, 0.25) is 0 Å². The summed E-state index contributed by atoms with van der Waals surface area (Å²) in [4.78, 5) is 24.1. The highest BCUT2D eigenvalue weighted by molar-refractivity contribution is 7.99. The fourth-order valence-electron chi connectivity index (χ4n) is 4.00. The number of fused-ring (bicyclic) bond motifs is 2. The van der Waals surface area contributed by atoms with Crippen molar-refractivity contribution < 1.29 is 9.18 Å². The molecular weight excluding hydrogens is 423 g/mol. The van der Waals surface area contributed by atoms with Gasteiger partial charge in [0.15, 0.2) is 0 Å². The Labute approximate surface area is 190 Å². The smallest absolute Gasteiger partial charge is 0.265 e. The van der Waals surface area contributed by atoms with Crippen molar-refractivity contribution in [2.24, 2.45) is 4.99 Å². The Kier molecular flexibility index (Phi) is 6.01. The molecule has 2 aliphatic heterocycles. The van der Waals surface area contributed by atoms with Gasteiger partial charge in [-0.2, -0.15) is 0 Å². The summed E-state index contributed by atoms with van der Waals surface area (Å²) in [6.07, 6.45) is 8.14. The Morgan fingerprint density at radius 2 is 1.75 bits per heavy atom. The average molecular weight is 447 g/mol. The molecular formula is C25H23FN4OS. The molecule has 1 saturated heterocycles. The predicted octanol–water partition coefficient (Wildman–Crippen LogP) is 5.38. The molecule has 0 spiro atoms. The SMILES string of the molecule is O=C(NN1CCCCCC1)c1ccc2c(c1)N=C(c1ccc(F)cc1)c1cnccc1S2. The molecule has 2 aromatic carbocycles. The van der Waals surface area contributed by atoms with Crippen LogP contribution in [-0.2, 0) is 0 Å². The number of benzene rings is 2. The topological polar surface area (TPSA) is 57.6 Å². The number of nitrogens with one attached hydrogen (secondary N) is 1. The Hall–Kier alpha value is -3.03. The highest BCUT2D eigenvalue weighted by Crippen LogP contribution is 2.41. The molecule has 5 rings (SSSR count). The first-order valence-corrected chi connectivity index (χ1v) is 11.7. The summed E-state index contributed by atoms with van der Waals surface area (Å²) >= 11 is 1.59. The van der Waals surface area contributed by atoms with Crippen molar-refractivity contribution in [3.05, 3.63) is 83.4 Å². The van der Waals surface area contributed by atoms with E-state index >= 15 is 0 Å². The van der Waals surface area contributed by atoms with Gasteiger partial charge in [-0.15, -0.1) is 0 Å². The molecule has 0 aliphatic carbocycles. The molecule has 0 atom stereocenters. The zero-order chi connectivity index (χ0) is 21.9. The maximum Gasteiger partial charge on any atom is 0.265 e. The number of hydrogen-bond donors (Lipinski definition) is 1. The molecule has 0 saturated carbocycles. The molecule has 1 aromatic heterocycles. The van der Waals surface area contributed by atoms with Gasteiger partial charge >= 0.3 is 0 Å². The van der Waals surface area contributed by atoms with Gasteiger partial charge in [0.1, 0.15) is 5.82 Å². The van der Waals surface area contributed by atoms with Crippen molar-refractivity contribution in [2.75, 3.05) is 13.1 Å². The van der Waals surface area contributed by atoms with Crippen LogP contribution < -0.4 is 5.43 Å². The number of hydrazine groups is 1. The van der Waals surface area contributed by atoms with E-state index in [1.807, 2.05) is 29.3 Å². The molecule has 2 aliphatic rings. The van der Waals surface area contributed by atoms with Crippen LogP contribution in [0.4, 0.5) is 10.1 Å². The molecule has 3 heterocycles. The third-order valence-electron chi connectivity index (χ3n) is 5.69. The van der Waals surface area contributed by atoms with E-state index in [0.29, 0.717) is 17.0 Å². The van der Waals surface area contributed by atoms with E-state index < -0.39 is 0 Å². The van der Waals surface area contributed by atoms with Crippen LogP contribution in [0, 0.1) is 5.82 Å². The highest BCUT2D eigenvalue weighted by atomic mass is 32.2. The summed E-state index contributed by atoms with van der Waals surface area (Å²) in [7, 11) is 0. The molecule has 5 nitrogen and oxygen atoms in total. The molecule has 0 radical (unpaired) electrons. The first kappa shape index (κ1) is 20.8. The van der Waals surface area contributed by atoms with Gasteiger partial charge in [-0.3, -0.25) is 15.2 Å². The second-order valence-corrected chi connectivity index (χ2v) is 9.05. The predicted molar refractivity (Wildman–Crippen MR) is 124 cm³/mol. The van der Waals surface area contributed by atoms with E-state index in [1.54, 1.807) is 36.3 Å². The normalized spacial score (nSPS) is 16.2. The van der Waals surface area contributed by atoms with Crippen LogP contribution in [0.1, 0.15) is 47.2 Å². The number of nitrogens with zero attached hydrogens (tertiary/aromatic N) is 3. The number of pyridine rings is 1. The number of aliphatic imine (C=N–C) groups is 1. The van der Waals surface area contributed by atoms with E-state index in [-0.39, 0.29) is 11.7 Å². The van der Waals surface area contributed by atoms with E-state index in [4.69, 9.17) is 4.99 Å². The highest BCUT2D eigenvalue weighted by Gasteiger charge is 2.21. The molecule has 0 bridgehead atoms. The van der Waals surface area contributed by atoms with Gasteiger partial charge in [0, 0.05) is 52.0 Å². The number of carbonyl (C=O) groups excluding carboxylic acids is 1. The summed E-state index contributed by atoms with van der Waals surface area (Å²) < 4.78 is 13.5. The lowest BCUT2D eigenvalue weighted by Gasteiger charge is -2.21. The van der Waals surface area contributed by atoms with Gasteiger partial charge in [-0.1, -0.05) is 24.6 Å².